The van der Waals surface area contributed by atoms with E-state index in [2.05, 4.69) is 10.6 Å². The minimum atomic E-state index is -0.245. The monoisotopic (exact) mass is 375 g/mol. The van der Waals surface area contributed by atoms with Gasteiger partial charge in [-0.1, -0.05) is 31.5 Å². The van der Waals surface area contributed by atoms with Crippen LogP contribution in [0, 0.1) is 5.92 Å². The van der Waals surface area contributed by atoms with Crippen molar-refractivity contribution in [2.75, 3.05) is 11.9 Å². The van der Waals surface area contributed by atoms with Gasteiger partial charge in [0.1, 0.15) is 0 Å². The van der Waals surface area contributed by atoms with Crippen molar-refractivity contribution in [1.82, 2.24) is 9.88 Å². The third-order valence-electron chi connectivity index (χ3n) is 3.65. The quantitative estimate of drug-likeness (QED) is 0.780. The average Bonchev–Trinajstić information content (AvgIpc) is 2.59. The van der Waals surface area contributed by atoms with Crippen molar-refractivity contribution in [3.63, 3.8) is 0 Å². The Labute approximate surface area is 157 Å². The summed E-state index contributed by atoms with van der Waals surface area (Å²) in [6, 6.07) is 9.58. The first-order chi connectivity index (χ1) is 12.4. The Bertz CT molecular complexity index is 846. The molecule has 2 amide bonds. The molecule has 0 radical (unpaired) electrons. The van der Waals surface area contributed by atoms with Crippen LogP contribution in [0.1, 0.15) is 30.6 Å². The molecule has 0 aliphatic carbocycles. The summed E-state index contributed by atoms with van der Waals surface area (Å²) >= 11 is 6.16. The first-order valence-corrected chi connectivity index (χ1v) is 8.77. The highest BCUT2D eigenvalue weighted by atomic mass is 35.5. The van der Waals surface area contributed by atoms with Crippen LogP contribution in [0.25, 0.3) is 0 Å². The molecule has 6 nitrogen and oxygen atoms in total. The van der Waals surface area contributed by atoms with E-state index in [1.165, 1.54) is 10.6 Å². The van der Waals surface area contributed by atoms with Crippen LogP contribution in [0.2, 0.25) is 5.02 Å². The van der Waals surface area contributed by atoms with Crippen LogP contribution in [0.5, 0.6) is 0 Å². The summed E-state index contributed by atoms with van der Waals surface area (Å²) in [7, 11) is 0. The van der Waals surface area contributed by atoms with Gasteiger partial charge in [0.15, 0.2) is 0 Å². The molecule has 0 aliphatic heterocycles. The summed E-state index contributed by atoms with van der Waals surface area (Å²) in [5.41, 5.74) is 0.710. The van der Waals surface area contributed by atoms with Crippen molar-refractivity contribution in [3.8, 4) is 0 Å². The fourth-order valence-electron chi connectivity index (χ4n) is 2.26. The number of aryl methyl sites for hydroxylation is 1. The fourth-order valence-corrected chi connectivity index (χ4v) is 2.53. The van der Waals surface area contributed by atoms with Gasteiger partial charge in [-0.3, -0.25) is 14.4 Å². The maximum Gasteiger partial charge on any atom is 0.252 e. The highest BCUT2D eigenvalue weighted by Crippen LogP contribution is 2.21. The minimum absolute atomic E-state index is 0.151. The van der Waals surface area contributed by atoms with Crippen LogP contribution in [0.15, 0.2) is 47.4 Å². The second kappa shape index (κ2) is 9.20. The van der Waals surface area contributed by atoms with E-state index in [9.17, 15) is 14.4 Å². The van der Waals surface area contributed by atoms with Gasteiger partial charge in [-0.25, -0.2) is 0 Å². The van der Waals surface area contributed by atoms with Gasteiger partial charge in [-0.2, -0.15) is 0 Å². The number of amides is 2. The number of pyridine rings is 1. The third-order valence-corrected chi connectivity index (χ3v) is 3.96. The van der Waals surface area contributed by atoms with Crippen LogP contribution in [-0.4, -0.2) is 22.9 Å². The molecule has 0 atom stereocenters. The van der Waals surface area contributed by atoms with E-state index >= 15 is 0 Å². The zero-order valence-corrected chi connectivity index (χ0v) is 15.5. The summed E-state index contributed by atoms with van der Waals surface area (Å²) in [5.74, 6) is -0.146. The molecule has 0 saturated heterocycles. The highest BCUT2D eigenvalue weighted by Gasteiger charge is 2.12. The normalized spacial score (nSPS) is 10.6. The van der Waals surface area contributed by atoms with Crippen molar-refractivity contribution in [1.29, 1.82) is 0 Å². The first-order valence-electron chi connectivity index (χ1n) is 8.40. The molecule has 1 aromatic heterocycles. The Hall–Kier alpha value is -2.60. The summed E-state index contributed by atoms with van der Waals surface area (Å²) in [4.78, 5) is 35.7. The molecule has 7 heteroatoms. The molecule has 2 rings (SSSR count). The molecular weight excluding hydrogens is 354 g/mol. The van der Waals surface area contributed by atoms with E-state index in [0.29, 0.717) is 23.7 Å². The van der Waals surface area contributed by atoms with Crippen molar-refractivity contribution >= 4 is 29.1 Å². The molecule has 0 saturated carbocycles. The fraction of sp³-hybridized carbons (Fsp3) is 0.316. The Balaban J connectivity index is 1.94. The highest BCUT2D eigenvalue weighted by molar-refractivity contribution is 6.34. The number of hydrogen-bond donors (Lipinski definition) is 2. The van der Waals surface area contributed by atoms with Gasteiger partial charge in [0.05, 0.1) is 10.6 Å². The second-order valence-corrected chi connectivity index (χ2v) is 6.74. The van der Waals surface area contributed by atoms with Gasteiger partial charge in [0.2, 0.25) is 5.91 Å². The Morgan fingerprint density at radius 2 is 1.96 bits per heavy atom. The van der Waals surface area contributed by atoms with Crippen molar-refractivity contribution < 1.29 is 9.59 Å². The lowest BCUT2D eigenvalue weighted by Crippen LogP contribution is -2.27. The molecule has 0 spiro atoms. The Morgan fingerprint density at radius 3 is 2.62 bits per heavy atom. The van der Waals surface area contributed by atoms with Crippen LogP contribution in [0.3, 0.4) is 0 Å². The van der Waals surface area contributed by atoms with Gasteiger partial charge >= 0.3 is 0 Å². The largest absolute Gasteiger partial charge is 0.352 e. The molecule has 0 bridgehead atoms. The van der Waals surface area contributed by atoms with E-state index in [4.69, 9.17) is 11.6 Å². The SMILES string of the molecule is CC(C)CNC(=O)c1ccc(NC(=O)CCn2ccccc2=O)cc1Cl. The number of nitrogens with zero attached hydrogens (tertiary/aromatic N) is 1. The number of halogens is 1. The molecule has 0 fully saturated rings. The molecule has 0 aliphatic rings. The lowest BCUT2D eigenvalue weighted by Gasteiger charge is -2.11. The average molecular weight is 376 g/mol. The first kappa shape index (κ1) is 19.7. The molecule has 1 aromatic carbocycles. The van der Waals surface area contributed by atoms with E-state index in [-0.39, 0.29) is 35.4 Å². The van der Waals surface area contributed by atoms with Crippen LogP contribution in [0.4, 0.5) is 5.69 Å². The lowest BCUT2D eigenvalue weighted by molar-refractivity contribution is -0.116. The van der Waals surface area contributed by atoms with E-state index in [0.717, 1.165) is 0 Å². The van der Waals surface area contributed by atoms with Crippen LogP contribution < -0.4 is 16.2 Å². The van der Waals surface area contributed by atoms with Crippen LogP contribution >= 0.6 is 11.6 Å². The Morgan fingerprint density at radius 1 is 1.19 bits per heavy atom. The number of rotatable bonds is 7. The van der Waals surface area contributed by atoms with Crippen molar-refractivity contribution in [2.24, 2.45) is 5.92 Å². The lowest BCUT2D eigenvalue weighted by atomic mass is 10.1. The molecule has 26 heavy (non-hydrogen) atoms. The van der Waals surface area contributed by atoms with Crippen molar-refractivity contribution in [2.45, 2.75) is 26.8 Å². The van der Waals surface area contributed by atoms with E-state index in [1.807, 2.05) is 13.8 Å². The number of anilines is 1. The van der Waals surface area contributed by atoms with Gasteiger partial charge in [0, 0.05) is 37.5 Å². The van der Waals surface area contributed by atoms with Crippen molar-refractivity contribution in [3.05, 3.63) is 63.5 Å². The van der Waals surface area contributed by atoms with Gasteiger partial charge in [-0.05, 0) is 30.2 Å². The maximum absolute atomic E-state index is 12.1. The molecule has 0 unspecified atom stereocenters. The number of carbonyl (C=O) groups excluding carboxylic acids is 2. The smallest absolute Gasteiger partial charge is 0.252 e. The summed E-state index contributed by atoms with van der Waals surface area (Å²) < 4.78 is 1.47. The van der Waals surface area contributed by atoms with E-state index in [1.54, 1.807) is 36.5 Å². The molecule has 1 heterocycles. The number of aromatic nitrogens is 1. The minimum Gasteiger partial charge on any atom is -0.352 e. The molecule has 138 valence electrons. The number of hydrogen-bond acceptors (Lipinski definition) is 3. The number of benzene rings is 1. The molecular formula is C19H22ClN3O3. The molecule has 2 aromatic rings. The third kappa shape index (κ3) is 5.74. The predicted molar refractivity (Wildman–Crippen MR) is 103 cm³/mol. The van der Waals surface area contributed by atoms with E-state index < -0.39 is 0 Å². The maximum atomic E-state index is 12.1. The summed E-state index contributed by atoms with van der Waals surface area (Å²) in [5, 5.41) is 5.79. The number of carbonyl (C=O) groups is 2. The zero-order valence-electron chi connectivity index (χ0n) is 14.8. The Kier molecular flexibility index (Phi) is 6.97. The van der Waals surface area contributed by atoms with Gasteiger partial charge < -0.3 is 15.2 Å². The molecule has 2 N–H and O–H groups in total. The summed E-state index contributed by atoms with van der Waals surface area (Å²) in [6.45, 7) is 4.86. The summed E-state index contributed by atoms with van der Waals surface area (Å²) in [6.07, 6.45) is 1.79. The van der Waals surface area contributed by atoms with Gasteiger partial charge in [-0.15, -0.1) is 0 Å². The predicted octanol–water partition coefficient (Wildman–Crippen LogP) is 2.92. The standard InChI is InChI=1S/C19H22ClN3O3/c1-13(2)12-21-19(26)15-7-6-14(11-16(15)20)22-17(24)8-10-23-9-4-3-5-18(23)25/h3-7,9,11,13H,8,10,12H2,1-2H3,(H,21,26)(H,22,24). The zero-order chi connectivity index (χ0) is 19.1. The number of nitrogens with one attached hydrogen (secondary N) is 2. The topological polar surface area (TPSA) is 80.2 Å². The van der Waals surface area contributed by atoms with Crippen LogP contribution in [-0.2, 0) is 11.3 Å². The second-order valence-electron chi connectivity index (χ2n) is 6.33. The van der Waals surface area contributed by atoms with Gasteiger partial charge in [0.25, 0.3) is 11.5 Å².